The monoisotopic (exact) mass is 384 g/mol. The minimum atomic E-state index is -2.56. The molecule has 1 heterocycles. The van der Waals surface area contributed by atoms with Gasteiger partial charge in [-0.25, -0.2) is 0 Å². The molecule has 0 amide bonds. The first kappa shape index (κ1) is 20.3. The van der Waals surface area contributed by atoms with E-state index >= 15 is 0 Å². The van der Waals surface area contributed by atoms with Crippen LogP contribution in [0.4, 0.5) is 0 Å². The van der Waals surface area contributed by atoms with E-state index in [2.05, 4.69) is 88.4 Å². The van der Waals surface area contributed by atoms with Crippen molar-refractivity contribution in [2.75, 3.05) is 6.61 Å². The van der Waals surface area contributed by atoms with Gasteiger partial charge in [0.25, 0.3) is 8.32 Å². The topological polar surface area (TPSA) is 38.7 Å². The fraction of sp³-hybridized carbons (Fsp3) is 0.478. The number of aliphatic hydroxyl groups is 1. The lowest BCUT2D eigenvalue weighted by molar-refractivity contribution is -0.0936. The zero-order valence-electron chi connectivity index (χ0n) is 16.9. The Balaban J connectivity index is 2.04. The molecule has 146 valence electrons. The van der Waals surface area contributed by atoms with Crippen LogP contribution in [0, 0.1) is 0 Å². The second-order valence-corrected chi connectivity index (χ2v) is 12.8. The molecule has 3 atom stereocenters. The first-order valence-electron chi connectivity index (χ1n) is 9.93. The van der Waals surface area contributed by atoms with Crippen molar-refractivity contribution in [3.05, 3.63) is 60.7 Å². The molecule has 4 heteroatoms. The summed E-state index contributed by atoms with van der Waals surface area (Å²) in [6.07, 6.45) is 1.25. The Morgan fingerprint density at radius 2 is 1.48 bits per heavy atom. The van der Waals surface area contributed by atoms with Gasteiger partial charge in [-0.3, -0.25) is 0 Å². The average molecular weight is 385 g/mol. The highest BCUT2D eigenvalue weighted by molar-refractivity contribution is 6.99. The molecule has 1 fully saturated rings. The van der Waals surface area contributed by atoms with Crippen molar-refractivity contribution in [3.8, 4) is 0 Å². The Bertz CT molecular complexity index is 664. The minimum Gasteiger partial charge on any atom is -0.402 e. The fourth-order valence-corrected chi connectivity index (χ4v) is 8.90. The van der Waals surface area contributed by atoms with E-state index in [4.69, 9.17) is 9.16 Å². The second-order valence-electron chi connectivity index (χ2n) is 8.59. The van der Waals surface area contributed by atoms with Crippen molar-refractivity contribution >= 4 is 18.7 Å². The van der Waals surface area contributed by atoms with Gasteiger partial charge >= 0.3 is 0 Å². The molecule has 0 aromatic heterocycles. The molecule has 1 aliphatic heterocycles. The molecule has 1 aliphatic rings. The predicted octanol–water partition coefficient (Wildman–Crippen LogP) is 3.49. The summed E-state index contributed by atoms with van der Waals surface area (Å²) < 4.78 is 13.0. The molecular weight excluding hydrogens is 352 g/mol. The molecule has 0 spiro atoms. The van der Waals surface area contributed by atoms with Crippen LogP contribution in [0.3, 0.4) is 0 Å². The summed E-state index contributed by atoms with van der Waals surface area (Å²) >= 11 is 0. The van der Waals surface area contributed by atoms with Crippen molar-refractivity contribution in [1.29, 1.82) is 0 Å². The zero-order valence-corrected chi connectivity index (χ0v) is 17.9. The van der Waals surface area contributed by atoms with Crippen LogP contribution in [0.2, 0.25) is 5.04 Å². The van der Waals surface area contributed by atoms with E-state index in [-0.39, 0.29) is 23.4 Å². The summed E-state index contributed by atoms with van der Waals surface area (Å²) in [5.74, 6) is 0. The molecule has 3 nitrogen and oxygen atoms in total. The Morgan fingerprint density at radius 3 is 1.89 bits per heavy atom. The van der Waals surface area contributed by atoms with Gasteiger partial charge < -0.3 is 14.3 Å². The molecule has 2 aromatic carbocycles. The smallest absolute Gasteiger partial charge is 0.261 e. The lowest BCUT2D eigenvalue weighted by atomic mass is 10.0. The normalized spacial score (nSPS) is 22.4. The van der Waals surface area contributed by atoms with Crippen molar-refractivity contribution in [3.63, 3.8) is 0 Å². The van der Waals surface area contributed by atoms with Gasteiger partial charge in [0.1, 0.15) is 0 Å². The van der Waals surface area contributed by atoms with Gasteiger partial charge in [0.15, 0.2) is 0 Å². The van der Waals surface area contributed by atoms with Gasteiger partial charge in [0.2, 0.25) is 0 Å². The fourth-order valence-electron chi connectivity index (χ4n) is 4.17. The Morgan fingerprint density at radius 1 is 0.963 bits per heavy atom. The van der Waals surface area contributed by atoms with Crippen LogP contribution in [0.25, 0.3) is 0 Å². The van der Waals surface area contributed by atoms with Crippen molar-refractivity contribution in [2.24, 2.45) is 0 Å². The van der Waals surface area contributed by atoms with Crippen LogP contribution in [-0.2, 0) is 9.16 Å². The second kappa shape index (κ2) is 8.27. The third-order valence-corrected chi connectivity index (χ3v) is 10.7. The van der Waals surface area contributed by atoms with Gasteiger partial charge in [-0.1, -0.05) is 81.4 Å². The molecule has 3 rings (SSSR count). The van der Waals surface area contributed by atoms with Crippen LogP contribution in [0.1, 0.15) is 40.5 Å². The molecule has 1 saturated heterocycles. The Hall–Kier alpha value is -1.46. The van der Waals surface area contributed by atoms with E-state index in [9.17, 15) is 5.11 Å². The number of hydrogen-bond donors (Lipinski definition) is 1. The zero-order chi connectivity index (χ0) is 19.5. The van der Waals surface area contributed by atoms with E-state index in [0.29, 0.717) is 6.61 Å². The largest absolute Gasteiger partial charge is 0.402 e. The van der Waals surface area contributed by atoms with Crippen LogP contribution in [-0.4, -0.2) is 38.3 Å². The predicted molar refractivity (Wildman–Crippen MR) is 113 cm³/mol. The molecule has 1 N–H and O–H groups in total. The van der Waals surface area contributed by atoms with Crippen molar-refractivity contribution in [2.45, 2.75) is 63.9 Å². The quantitative estimate of drug-likeness (QED) is 0.802. The number of aliphatic hydroxyl groups excluding tert-OH is 1. The van der Waals surface area contributed by atoms with Crippen LogP contribution in [0.5, 0.6) is 0 Å². The highest BCUT2D eigenvalue weighted by Gasteiger charge is 2.51. The molecular formula is C23H32O3Si. The highest BCUT2D eigenvalue weighted by atomic mass is 28.4. The van der Waals surface area contributed by atoms with Crippen LogP contribution < -0.4 is 10.4 Å². The molecule has 0 bridgehead atoms. The lowest BCUT2D eigenvalue weighted by Crippen LogP contribution is -2.68. The highest BCUT2D eigenvalue weighted by Crippen LogP contribution is 2.38. The number of hydrogen-bond acceptors (Lipinski definition) is 3. The summed E-state index contributed by atoms with van der Waals surface area (Å²) in [5.41, 5.74) is 0. The third kappa shape index (κ3) is 4.19. The molecule has 0 radical (unpaired) electrons. The Kier molecular flexibility index (Phi) is 6.21. The molecule has 3 unspecified atom stereocenters. The summed E-state index contributed by atoms with van der Waals surface area (Å²) in [5, 5.41) is 12.3. The van der Waals surface area contributed by atoms with E-state index in [1.807, 2.05) is 0 Å². The standard InChI is InChI=1S/C23H32O3Si/c1-18(22-16-15-19(24)17-25-22)26-27(23(2,3)4,20-11-7-5-8-12-20)21-13-9-6-10-14-21/h5-14,18-19,22,24H,15-17H2,1-4H3. The Labute approximate surface area is 164 Å². The molecule has 0 saturated carbocycles. The summed E-state index contributed by atoms with van der Waals surface area (Å²) in [7, 11) is -2.56. The first-order valence-corrected chi connectivity index (χ1v) is 11.8. The first-order chi connectivity index (χ1) is 12.8. The van der Waals surface area contributed by atoms with Gasteiger partial charge in [0, 0.05) is 0 Å². The average Bonchev–Trinajstić information content (AvgIpc) is 2.67. The van der Waals surface area contributed by atoms with Crippen LogP contribution in [0.15, 0.2) is 60.7 Å². The summed E-state index contributed by atoms with van der Waals surface area (Å²) in [4.78, 5) is 0. The van der Waals surface area contributed by atoms with Crippen molar-refractivity contribution < 1.29 is 14.3 Å². The number of ether oxygens (including phenoxy) is 1. The van der Waals surface area contributed by atoms with Gasteiger partial charge in [-0.2, -0.15) is 0 Å². The molecule has 0 aliphatic carbocycles. The van der Waals surface area contributed by atoms with E-state index in [0.717, 1.165) is 12.8 Å². The lowest BCUT2D eigenvalue weighted by Gasteiger charge is -2.46. The SMILES string of the molecule is CC(O[Si](c1ccccc1)(c1ccccc1)C(C)(C)C)C1CCC(O)CO1. The van der Waals surface area contributed by atoms with E-state index in [1.165, 1.54) is 10.4 Å². The van der Waals surface area contributed by atoms with Gasteiger partial charge in [-0.15, -0.1) is 0 Å². The molecule has 2 aromatic rings. The number of rotatable bonds is 5. The molecule has 27 heavy (non-hydrogen) atoms. The summed E-state index contributed by atoms with van der Waals surface area (Å²) in [6.45, 7) is 9.40. The summed E-state index contributed by atoms with van der Waals surface area (Å²) in [6, 6.07) is 21.4. The third-order valence-electron chi connectivity index (χ3n) is 5.59. The van der Waals surface area contributed by atoms with Gasteiger partial charge in [0.05, 0.1) is 24.9 Å². The van der Waals surface area contributed by atoms with Crippen molar-refractivity contribution in [1.82, 2.24) is 0 Å². The number of benzene rings is 2. The van der Waals surface area contributed by atoms with Gasteiger partial charge in [-0.05, 0) is 35.2 Å². The maximum absolute atomic E-state index is 9.77. The van der Waals surface area contributed by atoms with Crippen LogP contribution >= 0.6 is 0 Å². The van der Waals surface area contributed by atoms with E-state index in [1.54, 1.807) is 0 Å². The minimum absolute atomic E-state index is 0.0232. The maximum atomic E-state index is 9.77. The van der Waals surface area contributed by atoms with E-state index < -0.39 is 8.32 Å². The maximum Gasteiger partial charge on any atom is 0.261 e.